The van der Waals surface area contributed by atoms with E-state index in [4.69, 9.17) is 11.6 Å². The van der Waals surface area contributed by atoms with Crippen molar-refractivity contribution in [3.63, 3.8) is 0 Å². The average Bonchev–Trinajstić information content (AvgIpc) is 2.94. The summed E-state index contributed by atoms with van der Waals surface area (Å²) in [5.41, 5.74) is 1.56. The first kappa shape index (κ1) is 13.4. The van der Waals surface area contributed by atoms with E-state index in [9.17, 15) is 9.90 Å². The Morgan fingerprint density at radius 2 is 2.14 bits per heavy atom. The highest BCUT2D eigenvalue weighted by Gasteiger charge is 2.25. The number of carboxylic acid groups (broad SMARTS) is 1. The number of nitrogens with zero attached hydrogens (tertiary/aromatic N) is 5. The van der Waals surface area contributed by atoms with E-state index in [0.29, 0.717) is 16.4 Å². The number of aliphatic carboxylic acids is 1. The number of carboxylic acids is 1. The van der Waals surface area contributed by atoms with Crippen LogP contribution in [0.5, 0.6) is 0 Å². The van der Waals surface area contributed by atoms with E-state index in [0.717, 1.165) is 5.56 Å². The number of rotatable bonds is 4. The topological polar surface area (TPSA) is 93.3 Å². The van der Waals surface area contributed by atoms with E-state index in [1.54, 1.807) is 18.2 Å². The highest BCUT2D eigenvalue weighted by atomic mass is 35.5. The molecule has 8 heteroatoms. The Bertz CT molecular complexity index is 804. The van der Waals surface area contributed by atoms with Crippen LogP contribution in [-0.4, -0.2) is 36.1 Å². The van der Waals surface area contributed by atoms with E-state index in [1.165, 1.54) is 16.9 Å². The monoisotopic (exact) mass is 303 g/mol. The molecule has 1 N–H and O–H groups in total. The van der Waals surface area contributed by atoms with E-state index >= 15 is 0 Å². The zero-order valence-electron chi connectivity index (χ0n) is 10.7. The van der Waals surface area contributed by atoms with E-state index in [1.807, 2.05) is 6.07 Å². The second-order valence-electron chi connectivity index (χ2n) is 4.47. The molecule has 21 heavy (non-hydrogen) atoms. The lowest BCUT2D eigenvalue weighted by Crippen LogP contribution is -2.18. The number of hydrogen-bond donors (Lipinski definition) is 1. The lowest BCUT2D eigenvalue weighted by molar-refractivity contribution is -0.138. The average molecular weight is 304 g/mol. The van der Waals surface area contributed by atoms with Crippen molar-refractivity contribution in [2.24, 2.45) is 0 Å². The summed E-state index contributed by atoms with van der Waals surface area (Å²) in [7, 11) is 0. The quantitative estimate of drug-likeness (QED) is 0.786. The Labute approximate surface area is 124 Å². The molecule has 0 radical (unpaired) electrons. The van der Waals surface area contributed by atoms with E-state index in [2.05, 4.69) is 20.5 Å². The fourth-order valence-electron chi connectivity index (χ4n) is 2.13. The second kappa shape index (κ2) is 5.45. The van der Waals surface area contributed by atoms with Crippen molar-refractivity contribution < 1.29 is 9.90 Å². The van der Waals surface area contributed by atoms with Gasteiger partial charge < -0.3 is 5.11 Å². The maximum Gasteiger partial charge on any atom is 0.312 e. The normalized spacial score (nSPS) is 12.4. The molecule has 0 aliphatic rings. The Morgan fingerprint density at radius 1 is 1.33 bits per heavy atom. The first-order valence-corrected chi connectivity index (χ1v) is 6.53. The number of tetrazole rings is 1. The molecular formula is C13H10ClN5O2. The molecule has 3 aromatic rings. The van der Waals surface area contributed by atoms with Gasteiger partial charge in [-0.2, -0.15) is 4.52 Å². The van der Waals surface area contributed by atoms with Gasteiger partial charge in [-0.05, 0) is 28.5 Å². The number of halogens is 1. The van der Waals surface area contributed by atoms with Gasteiger partial charge in [-0.15, -0.1) is 5.10 Å². The third-order valence-corrected chi connectivity index (χ3v) is 3.54. The maximum atomic E-state index is 11.6. The fraction of sp³-hybridized carbons (Fsp3) is 0.154. The van der Waals surface area contributed by atoms with Crippen molar-refractivity contribution in [1.82, 2.24) is 25.0 Å². The lowest BCUT2D eigenvalue weighted by atomic mass is 9.96. The van der Waals surface area contributed by atoms with Crippen LogP contribution in [0.3, 0.4) is 0 Å². The van der Waals surface area contributed by atoms with Crippen LogP contribution in [0.15, 0.2) is 36.7 Å². The summed E-state index contributed by atoms with van der Waals surface area (Å²) < 4.78 is 1.38. The molecule has 0 saturated heterocycles. The van der Waals surface area contributed by atoms with Gasteiger partial charge in [0.2, 0.25) is 0 Å². The summed E-state index contributed by atoms with van der Waals surface area (Å²) >= 11 is 6.10. The molecule has 0 amide bonds. The zero-order chi connectivity index (χ0) is 14.8. The van der Waals surface area contributed by atoms with Crippen molar-refractivity contribution in [1.29, 1.82) is 0 Å². The number of hydrogen-bond acceptors (Lipinski definition) is 5. The van der Waals surface area contributed by atoms with Gasteiger partial charge in [0.1, 0.15) is 5.92 Å². The molecule has 0 spiro atoms. The molecule has 106 valence electrons. The van der Waals surface area contributed by atoms with Crippen molar-refractivity contribution in [3.05, 3.63) is 52.9 Å². The van der Waals surface area contributed by atoms with Gasteiger partial charge in [-0.3, -0.25) is 9.78 Å². The molecule has 2 aromatic heterocycles. The third-order valence-electron chi connectivity index (χ3n) is 3.17. The van der Waals surface area contributed by atoms with Crippen LogP contribution >= 0.6 is 11.6 Å². The molecule has 2 heterocycles. The minimum Gasteiger partial charge on any atom is -0.481 e. The number of benzene rings is 1. The van der Waals surface area contributed by atoms with Crippen LogP contribution < -0.4 is 0 Å². The van der Waals surface area contributed by atoms with Gasteiger partial charge in [-0.25, -0.2) is 0 Å². The van der Waals surface area contributed by atoms with Crippen molar-refractivity contribution in [3.8, 4) is 0 Å². The predicted molar refractivity (Wildman–Crippen MR) is 74.1 cm³/mol. The number of carbonyl (C=O) groups is 1. The second-order valence-corrected chi connectivity index (χ2v) is 4.87. The molecular weight excluding hydrogens is 294 g/mol. The number of aromatic nitrogens is 5. The molecule has 3 rings (SSSR count). The standard InChI is InChI=1S/C13H10ClN5O2/c14-10-4-2-1-3-8(10)5-9(13(20)21)11-6-15-7-12-16-17-18-19(11)12/h1-4,6-7,9H,5H2,(H,20,21). The van der Waals surface area contributed by atoms with Gasteiger partial charge in [0.05, 0.1) is 11.9 Å². The molecule has 1 atom stereocenters. The smallest absolute Gasteiger partial charge is 0.312 e. The Morgan fingerprint density at radius 3 is 2.90 bits per heavy atom. The molecule has 0 fully saturated rings. The summed E-state index contributed by atoms with van der Waals surface area (Å²) in [6.45, 7) is 0. The molecule has 0 saturated carbocycles. The van der Waals surface area contributed by atoms with Crippen LogP contribution in [0.4, 0.5) is 0 Å². The SMILES string of the molecule is O=C(O)C(Cc1ccccc1Cl)c1cncc2nnnn12. The minimum atomic E-state index is -0.986. The number of fused-ring (bicyclic) bond motifs is 1. The summed E-state index contributed by atoms with van der Waals surface area (Å²) in [5.74, 6) is -1.83. The highest BCUT2D eigenvalue weighted by molar-refractivity contribution is 6.31. The maximum absolute atomic E-state index is 11.6. The third kappa shape index (κ3) is 2.55. The zero-order valence-corrected chi connectivity index (χ0v) is 11.5. The lowest BCUT2D eigenvalue weighted by Gasteiger charge is -2.13. The van der Waals surface area contributed by atoms with Crippen LogP contribution in [0.1, 0.15) is 17.2 Å². The van der Waals surface area contributed by atoms with Crippen LogP contribution in [0, 0.1) is 0 Å². The first-order valence-electron chi connectivity index (χ1n) is 6.15. The molecule has 7 nitrogen and oxygen atoms in total. The van der Waals surface area contributed by atoms with Crippen LogP contribution in [0.2, 0.25) is 5.02 Å². The van der Waals surface area contributed by atoms with Gasteiger partial charge in [0.15, 0.2) is 5.65 Å². The summed E-state index contributed by atoms with van der Waals surface area (Å²) in [5, 5.41) is 21.2. The van der Waals surface area contributed by atoms with E-state index in [-0.39, 0.29) is 6.42 Å². The van der Waals surface area contributed by atoms with Crippen molar-refractivity contribution >= 4 is 23.2 Å². The van der Waals surface area contributed by atoms with Gasteiger partial charge >= 0.3 is 5.97 Å². The van der Waals surface area contributed by atoms with Crippen LogP contribution in [-0.2, 0) is 11.2 Å². The first-order chi connectivity index (χ1) is 10.2. The van der Waals surface area contributed by atoms with Gasteiger partial charge in [0.25, 0.3) is 0 Å². The molecule has 0 aliphatic carbocycles. The Balaban J connectivity index is 2.05. The molecule has 1 unspecified atom stereocenters. The molecule has 0 bridgehead atoms. The molecule has 1 aromatic carbocycles. The fourth-order valence-corrected chi connectivity index (χ4v) is 2.35. The van der Waals surface area contributed by atoms with E-state index < -0.39 is 11.9 Å². The summed E-state index contributed by atoms with van der Waals surface area (Å²) in [6, 6.07) is 7.14. The Kier molecular flexibility index (Phi) is 3.49. The largest absolute Gasteiger partial charge is 0.481 e. The van der Waals surface area contributed by atoms with Crippen molar-refractivity contribution in [2.45, 2.75) is 12.3 Å². The minimum absolute atomic E-state index is 0.232. The van der Waals surface area contributed by atoms with Crippen molar-refractivity contribution in [2.75, 3.05) is 0 Å². The highest BCUT2D eigenvalue weighted by Crippen LogP contribution is 2.25. The predicted octanol–water partition coefficient (Wildman–Crippen LogP) is 1.58. The van der Waals surface area contributed by atoms with Gasteiger partial charge in [-0.1, -0.05) is 29.8 Å². The summed E-state index contributed by atoms with van der Waals surface area (Å²) in [6.07, 6.45) is 3.16. The van der Waals surface area contributed by atoms with Crippen LogP contribution in [0.25, 0.3) is 5.65 Å². The van der Waals surface area contributed by atoms with Gasteiger partial charge in [0, 0.05) is 11.2 Å². The Hall–Kier alpha value is -2.54. The summed E-state index contributed by atoms with van der Waals surface area (Å²) in [4.78, 5) is 15.6. The molecule has 0 aliphatic heterocycles.